The number of benzene rings is 1. The number of carboxylic acids is 1. The molecule has 0 saturated heterocycles. The van der Waals surface area contributed by atoms with Crippen molar-refractivity contribution in [2.45, 2.75) is 6.92 Å². The third kappa shape index (κ3) is 3.23. The highest BCUT2D eigenvalue weighted by atomic mass is 32.1. The highest BCUT2D eigenvalue weighted by molar-refractivity contribution is 7.13. The number of nitrogens with zero attached hydrogens (tertiary/aromatic N) is 1. The van der Waals surface area contributed by atoms with Crippen LogP contribution < -0.4 is 5.32 Å². The van der Waals surface area contributed by atoms with Crippen molar-refractivity contribution in [3.63, 3.8) is 0 Å². The Kier molecular flexibility index (Phi) is 3.99. The van der Waals surface area contributed by atoms with Crippen molar-refractivity contribution in [2.75, 3.05) is 5.32 Å². The fourth-order valence-electron chi connectivity index (χ4n) is 1.62. The van der Waals surface area contributed by atoms with Gasteiger partial charge in [0.05, 0.1) is 16.1 Å². The summed E-state index contributed by atoms with van der Waals surface area (Å²) < 4.78 is 0. The lowest BCUT2D eigenvalue weighted by molar-refractivity contribution is -0.380. The molecule has 0 aliphatic rings. The van der Waals surface area contributed by atoms with Gasteiger partial charge in [0, 0.05) is 17.1 Å². The highest BCUT2D eigenvalue weighted by Gasteiger charge is 2.16. The molecular formula is C13H10N2O5S. The van der Waals surface area contributed by atoms with Crippen LogP contribution in [0.5, 0.6) is 0 Å². The molecule has 2 aromatic rings. The molecule has 7 nitrogen and oxygen atoms in total. The van der Waals surface area contributed by atoms with Crippen LogP contribution in [0.2, 0.25) is 0 Å². The topological polar surface area (TPSA) is 110 Å². The quantitative estimate of drug-likeness (QED) is 0.666. The Morgan fingerprint density at radius 3 is 2.57 bits per heavy atom. The number of carbonyl (C=O) groups excluding carboxylic acids is 1. The Bertz CT molecular complexity index is 738. The Morgan fingerprint density at radius 2 is 2.00 bits per heavy atom. The number of anilines is 1. The van der Waals surface area contributed by atoms with Crippen molar-refractivity contribution < 1.29 is 19.6 Å². The van der Waals surface area contributed by atoms with Crippen LogP contribution >= 0.6 is 11.3 Å². The molecule has 1 aromatic carbocycles. The Hall–Kier alpha value is -2.74. The summed E-state index contributed by atoms with van der Waals surface area (Å²) in [6.07, 6.45) is 0. The molecule has 2 rings (SSSR count). The molecule has 1 amide bonds. The molecule has 0 radical (unpaired) electrons. The van der Waals surface area contributed by atoms with Gasteiger partial charge in [-0.2, -0.15) is 0 Å². The number of hydrogen-bond donors (Lipinski definition) is 2. The number of nitrogens with one attached hydrogen (secondary N) is 1. The van der Waals surface area contributed by atoms with E-state index in [1.165, 1.54) is 23.6 Å². The number of carbonyl (C=O) groups is 2. The first-order valence-corrected chi connectivity index (χ1v) is 6.64. The standard InChI is InChI=1S/C13H10N2O5S/c1-7-2-3-8(13(17)18)4-10(7)14-12(16)9-5-11(15(19)20)21-6-9/h2-6H,1H3,(H,14,16)(H,17,18). The van der Waals surface area contributed by atoms with Crippen LogP contribution in [-0.2, 0) is 0 Å². The zero-order valence-electron chi connectivity index (χ0n) is 10.8. The number of nitro groups is 1. The lowest BCUT2D eigenvalue weighted by Crippen LogP contribution is -2.12. The van der Waals surface area contributed by atoms with E-state index in [1.54, 1.807) is 13.0 Å². The SMILES string of the molecule is Cc1ccc(C(=O)O)cc1NC(=O)c1csc([N+](=O)[O-])c1. The van der Waals surface area contributed by atoms with Gasteiger partial charge in [-0.05, 0) is 24.6 Å². The van der Waals surface area contributed by atoms with E-state index in [9.17, 15) is 19.7 Å². The molecule has 21 heavy (non-hydrogen) atoms. The summed E-state index contributed by atoms with van der Waals surface area (Å²) in [5.74, 6) is -1.62. The van der Waals surface area contributed by atoms with Gasteiger partial charge in [-0.1, -0.05) is 17.4 Å². The van der Waals surface area contributed by atoms with Gasteiger partial charge in [0.2, 0.25) is 0 Å². The normalized spacial score (nSPS) is 10.1. The molecular weight excluding hydrogens is 296 g/mol. The zero-order chi connectivity index (χ0) is 15.6. The van der Waals surface area contributed by atoms with E-state index in [0.717, 1.165) is 11.3 Å². The average Bonchev–Trinajstić information content (AvgIpc) is 2.90. The summed E-state index contributed by atoms with van der Waals surface area (Å²) in [6.45, 7) is 1.72. The van der Waals surface area contributed by atoms with E-state index >= 15 is 0 Å². The fraction of sp³-hybridized carbons (Fsp3) is 0.0769. The van der Waals surface area contributed by atoms with Crippen LogP contribution in [0.3, 0.4) is 0 Å². The monoisotopic (exact) mass is 306 g/mol. The zero-order valence-corrected chi connectivity index (χ0v) is 11.6. The van der Waals surface area contributed by atoms with E-state index in [1.807, 2.05) is 0 Å². The summed E-state index contributed by atoms with van der Waals surface area (Å²) in [5.41, 5.74) is 1.26. The van der Waals surface area contributed by atoms with Crippen LogP contribution in [0.4, 0.5) is 10.7 Å². The highest BCUT2D eigenvalue weighted by Crippen LogP contribution is 2.24. The predicted molar refractivity (Wildman–Crippen MR) is 77.1 cm³/mol. The number of hydrogen-bond acceptors (Lipinski definition) is 5. The van der Waals surface area contributed by atoms with Gasteiger partial charge in [-0.15, -0.1) is 0 Å². The van der Waals surface area contributed by atoms with Crippen LogP contribution in [-0.4, -0.2) is 21.9 Å². The third-order valence-electron chi connectivity index (χ3n) is 2.76. The summed E-state index contributed by atoms with van der Waals surface area (Å²) in [7, 11) is 0. The molecule has 1 aromatic heterocycles. The van der Waals surface area contributed by atoms with Gasteiger partial charge in [0.25, 0.3) is 5.91 Å². The van der Waals surface area contributed by atoms with E-state index in [4.69, 9.17) is 5.11 Å². The maximum Gasteiger partial charge on any atom is 0.335 e. The first-order valence-electron chi connectivity index (χ1n) is 5.76. The minimum absolute atomic E-state index is 0.0483. The molecule has 0 spiro atoms. The summed E-state index contributed by atoms with van der Waals surface area (Å²) >= 11 is 0.855. The number of rotatable bonds is 4. The van der Waals surface area contributed by atoms with Crippen molar-refractivity contribution >= 4 is 33.9 Å². The molecule has 0 aliphatic heterocycles. The second kappa shape index (κ2) is 5.71. The second-order valence-corrected chi connectivity index (χ2v) is 5.11. The first kappa shape index (κ1) is 14.7. The molecule has 0 fully saturated rings. The Balaban J connectivity index is 2.24. The number of carboxylic acid groups (broad SMARTS) is 1. The summed E-state index contributed by atoms with van der Waals surface area (Å²) in [5, 5.41) is 23.3. The number of amides is 1. The van der Waals surface area contributed by atoms with Crippen molar-refractivity contribution in [1.29, 1.82) is 0 Å². The molecule has 1 heterocycles. The van der Waals surface area contributed by atoms with Gasteiger partial charge in [0.15, 0.2) is 0 Å². The molecule has 8 heteroatoms. The van der Waals surface area contributed by atoms with Crippen LogP contribution in [0.1, 0.15) is 26.3 Å². The van der Waals surface area contributed by atoms with Gasteiger partial charge in [0.1, 0.15) is 0 Å². The smallest absolute Gasteiger partial charge is 0.335 e. The summed E-state index contributed by atoms with van der Waals surface area (Å²) in [4.78, 5) is 32.9. The van der Waals surface area contributed by atoms with Crippen molar-refractivity contribution in [3.8, 4) is 0 Å². The maximum absolute atomic E-state index is 12.0. The Morgan fingerprint density at radius 1 is 1.29 bits per heavy atom. The van der Waals surface area contributed by atoms with Gasteiger partial charge < -0.3 is 10.4 Å². The Labute approximate surface area is 123 Å². The molecule has 0 unspecified atom stereocenters. The molecule has 0 saturated carbocycles. The first-order chi connectivity index (χ1) is 9.88. The minimum Gasteiger partial charge on any atom is -0.478 e. The third-order valence-corrected chi connectivity index (χ3v) is 3.64. The number of aryl methyl sites for hydroxylation is 1. The van der Waals surface area contributed by atoms with Gasteiger partial charge in [-0.25, -0.2) is 4.79 Å². The fourth-order valence-corrected chi connectivity index (χ4v) is 2.33. The van der Waals surface area contributed by atoms with Gasteiger partial charge >= 0.3 is 11.0 Å². The molecule has 0 atom stereocenters. The van der Waals surface area contributed by atoms with E-state index in [0.29, 0.717) is 11.3 Å². The van der Waals surface area contributed by atoms with Crippen molar-refractivity contribution in [2.24, 2.45) is 0 Å². The maximum atomic E-state index is 12.0. The minimum atomic E-state index is -1.10. The largest absolute Gasteiger partial charge is 0.478 e. The van der Waals surface area contributed by atoms with Crippen LogP contribution in [0, 0.1) is 17.0 Å². The lowest BCUT2D eigenvalue weighted by Gasteiger charge is -2.08. The molecule has 108 valence electrons. The van der Waals surface area contributed by atoms with Crippen LogP contribution in [0.15, 0.2) is 29.6 Å². The van der Waals surface area contributed by atoms with E-state index in [2.05, 4.69) is 5.32 Å². The molecule has 2 N–H and O–H groups in total. The number of thiophene rings is 1. The van der Waals surface area contributed by atoms with Crippen molar-refractivity contribution in [1.82, 2.24) is 0 Å². The van der Waals surface area contributed by atoms with E-state index in [-0.39, 0.29) is 16.1 Å². The number of aromatic carboxylic acids is 1. The molecule has 0 bridgehead atoms. The second-order valence-electron chi connectivity index (χ2n) is 4.22. The predicted octanol–water partition coefficient (Wildman–Crippen LogP) is 2.92. The summed E-state index contributed by atoms with van der Waals surface area (Å²) in [6, 6.07) is 5.53. The van der Waals surface area contributed by atoms with Crippen LogP contribution in [0.25, 0.3) is 0 Å². The average molecular weight is 306 g/mol. The lowest BCUT2D eigenvalue weighted by atomic mass is 10.1. The van der Waals surface area contributed by atoms with E-state index < -0.39 is 16.8 Å². The van der Waals surface area contributed by atoms with Crippen molar-refractivity contribution in [3.05, 3.63) is 56.5 Å². The molecule has 0 aliphatic carbocycles. The van der Waals surface area contributed by atoms with Gasteiger partial charge in [-0.3, -0.25) is 14.9 Å².